The second kappa shape index (κ2) is 5.00. The Labute approximate surface area is 104 Å². The highest BCUT2D eigenvalue weighted by molar-refractivity contribution is 9.10. The molecule has 0 N–H and O–H groups in total. The molecule has 0 aliphatic heterocycles. The first-order valence-corrected chi connectivity index (χ1v) is 6.46. The highest BCUT2D eigenvalue weighted by Gasteiger charge is 2.31. The molecule has 0 heterocycles. The number of Topliss-reactive ketones (excluding diaryl/α,β-unsaturated/α-hetero) is 1. The summed E-state index contributed by atoms with van der Waals surface area (Å²) in [5.41, 5.74) is 1.03. The molecule has 1 aliphatic rings. The Bertz CT molecular complexity index is 389. The number of benzene rings is 1. The fourth-order valence-corrected chi connectivity index (χ4v) is 2.91. The van der Waals surface area contributed by atoms with E-state index in [4.69, 9.17) is 4.74 Å². The average molecular weight is 283 g/mol. The molecule has 2 rings (SSSR count). The Balaban J connectivity index is 2.32. The Morgan fingerprint density at radius 3 is 2.81 bits per heavy atom. The van der Waals surface area contributed by atoms with Crippen molar-refractivity contribution in [3.8, 4) is 5.75 Å². The van der Waals surface area contributed by atoms with Crippen molar-refractivity contribution in [2.75, 3.05) is 7.11 Å². The molecule has 1 aromatic carbocycles. The maximum Gasteiger partial charge on any atom is 0.154 e. The second-order valence-electron chi connectivity index (χ2n) is 4.10. The molecule has 2 unspecified atom stereocenters. The lowest BCUT2D eigenvalue weighted by Gasteiger charge is -2.25. The molecule has 1 aliphatic carbocycles. The van der Waals surface area contributed by atoms with Gasteiger partial charge in [-0.3, -0.25) is 4.79 Å². The number of hydrogen-bond acceptors (Lipinski definition) is 2. The van der Waals surface area contributed by atoms with Gasteiger partial charge in [0.15, 0.2) is 5.78 Å². The standard InChI is InChI=1S/C13H15BrO2/c1-16-12-8-3-2-5-9(12)10-6-4-7-11(14)13(10)15/h2-3,5,8,10-11H,4,6-7H2,1H3. The quantitative estimate of drug-likeness (QED) is 0.778. The van der Waals surface area contributed by atoms with Gasteiger partial charge >= 0.3 is 0 Å². The number of halogens is 1. The van der Waals surface area contributed by atoms with Crippen molar-refractivity contribution in [1.82, 2.24) is 0 Å². The van der Waals surface area contributed by atoms with Crippen molar-refractivity contribution in [3.05, 3.63) is 29.8 Å². The van der Waals surface area contributed by atoms with Gasteiger partial charge in [0.25, 0.3) is 0 Å². The van der Waals surface area contributed by atoms with Gasteiger partial charge in [-0.15, -0.1) is 0 Å². The van der Waals surface area contributed by atoms with Crippen LogP contribution in [0.5, 0.6) is 5.75 Å². The van der Waals surface area contributed by atoms with Crippen molar-refractivity contribution in [2.45, 2.75) is 30.0 Å². The lowest BCUT2D eigenvalue weighted by Crippen LogP contribution is -2.27. The Morgan fingerprint density at radius 2 is 2.06 bits per heavy atom. The van der Waals surface area contributed by atoms with Crippen molar-refractivity contribution in [2.24, 2.45) is 0 Å². The van der Waals surface area contributed by atoms with Crippen molar-refractivity contribution in [3.63, 3.8) is 0 Å². The van der Waals surface area contributed by atoms with E-state index in [-0.39, 0.29) is 16.5 Å². The third-order valence-corrected chi connectivity index (χ3v) is 4.03. The minimum absolute atomic E-state index is 0.00530. The highest BCUT2D eigenvalue weighted by atomic mass is 79.9. The van der Waals surface area contributed by atoms with E-state index in [0.717, 1.165) is 30.6 Å². The summed E-state index contributed by atoms with van der Waals surface area (Å²) in [7, 11) is 1.65. The van der Waals surface area contributed by atoms with Gasteiger partial charge in [0, 0.05) is 11.5 Å². The fraction of sp³-hybridized carbons (Fsp3) is 0.462. The number of alkyl halides is 1. The number of para-hydroxylation sites is 1. The monoisotopic (exact) mass is 282 g/mol. The molecule has 1 saturated carbocycles. The molecule has 0 spiro atoms. The number of rotatable bonds is 2. The Kier molecular flexibility index (Phi) is 3.64. The topological polar surface area (TPSA) is 26.3 Å². The van der Waals surface area contributed by atoms with Gasteiger partial charge in [-0.2, -0.15) is 0 Å². The lowest BCUT2D eigenvalue weighted by molar-refractivity contribution is -0.121. The van der Waals surface area contributed by atoms with E-state index in [1.165, 1.54) is 0 Å². The molecule has 2 atom stereocenters. The van der Waals surface area contributed by atoms with Gasteiger partial charge in [0.2, 0.25) is 0 Å². The largest absolute Gasteiger partial charge is 0.496 e. The normalized spacial score (nSPS) is 25.5. The number of ether oxygens (including phenoxy) is 1. The Morgan fingerprint density at radius 1 is 1.31 bits per heavy atom. The van der Waals surface area contributed by atoms with Gasteiger partial charge in [0.1, 0.15) is 5.75 Å². The molecule has 86 valence electrons. The third kappa shape index (κ3) is 2.14. The van der Waals surface area contributed by atoms with Gasteiger partial charge in [0.05, 0.1) is 11.9 Å². The van der Waals surface area contributed by atoms with Crippen LogP contribution in [-0.2, 0) is 4.79 Å². The van der Waals surface area contributed by atoms with E-state index in [2.05, 4.69) is 15.9 Å². The molecule has 1 fully saturated rings. The van der Waals surface area contributed by atoms with Gasteiger partial charge in [-0.05, 0) is 18.9 Å². The maximum atomic E-state index is 12.1. The predicted octanol–water partition coefficient (Wildman–Crippen LogP) is 3.30. The summed E-state index contributed by atoms with van der Waals surface area (Å²) in [6.07, 6.45) is 2.97. The summed E-state index contributed by atoms with van der Waals surface area (Å²) in [6.45, 7) is 0. The van der Waals surface area contributed by atoms with Crippen LogP contribution in [0.4, 0.5) is 0 Å². The summed E-state index contributed by atoms with van der Waals surface area (Å²) in [4.78, 5) is 12.1. The number of hydrogen-bond donors (Lipinski definition) is 0. The van der Waals surface area contributed by atoms with Crippen LogP contribution >= 0.6 is 15.9 Å². The first kappa shape index (κ1) is 11.6. The van der Waals surface area contributed by atoms with Crippen LogP contribution in [-0.4, -0.2) is 17.7 Å². The SMILES string of the molecule is COc1ccccc1C1CCCC(Br)C1=O. The second-order valence-corrected chi connectivity index (χ2v) is 5.20. The van der Waals surface area contributed by atoms with Crippen LogP contribution in [0.1, 0.15) is 30.7 Å². The molecule has 0 amide bonds. The van der Waals surface area contributed by atoms with E-state index in [1.54, 1.807) is 7.11 Å². The number of ketones is 1. The fourth-order valence-electron chi connectivity index (χ4n) is 2.27. The molecule has 0 saturated heterocycles. The van der Waals surface area contributed by atoms with Crippen LogP contribution < -0.4 is 4.74 Å². The minimum Gasteiger partial charge on any atom is -0.496 e. The first-order chi connectivity index (χ1) is 7.74. The molecule has 16 heavy (non-hydrogen) atoms. The number of methoxy groups -OCH3 is 1. The van der Waals surface area contributed by atoms with E-state index in [1.807, 2.05) is 24.3 Å². The average Bonchev–Trinajstić information content (AvgIpc) is 2.33. The van der Waals surface area contributed by atoms with Crippen LogP contribution in [0.2, 0.25) is 0 Å². The number of carbonyl (C=O) groups excluding carboxylic acids is 1. The van der Waals surface area contributed by atoms with E-state index in [0.29, 0.717) is 0 Å². The molecule has 1 aromatic rings. The van der Waals surface area contributed by atoms with Crippen LogP contribution in [0, 0.1) is 0 Å². The van der Waals surface area contributed by atoms with Crippen LogP contribution in [0.3, 0.4) is 0 Å². The zero-order valence-corrected chi connectivity index (χ0v) is 10.9. The minimum atomic E-state index is -0.00530. The molecule has 2 nitrogen and oxygen atoms in total. The summed E-state index contributed by atoms with van der Waals surface area (Å²) in [5, 5.41) is 0. The predicted molar refractivity (Wildman–Crippen MR) is 67.3 cm³/mol. The summed E-state index contributed by atoms with van der Waals surface area (Å²) in [5.74, 6) is 1.10. The zero-order valence-electron chi connectivity index (χ0n) is 9.28. The van der Waals surface area contributed by atoms with Gasteiger partial charge in [-0.25, -0.2) is 0 Å². The van der Waals surface area contributed by atoms with Crippen molar-refractivity contribution < 1.29 is 9.53 Å². The zero-order chi connectivity index (χ0) is 11.5. The molecule has 0 bridgehead atoms. The van der Waals surface area contributed by atoms with Crippen molar-refractivity contribution >= 4 is 21.7 Å². The summed E-state index contributed by atoms with van der Waals surface area (Å²) < 4.78 is 5.31. The lowest BCUT2D eigenvalue weighted by atomic mass is 9.82. The van der Waals surface area contributed by atoms with E-state index >= 15 is 0 Å². The molecular formula is C13H15BrO2. The smallest absolute Gasteiger partial charge is 0.154 e. The van der Waals surface area contributed by atoms with E-state index < -0.39 is 0 Å². The maximum absolute atomic E-state index is 12.1. The highest BCUT2D eigenvalue weighted by Crippen LogP contribution is 2.37. The number of carbonyl (C=O) groups is 1. The Hall–Kier alpha value is -0.830. The summed E-state index contributed by atoms with van der Waals surface area (Å²) >= 11 is 3.45. The van der Waals surface area contributed by atoms with E-state index in [9.17, 15) is 4.79 Å². The molecular weight excluding hydrogens is 268 g/mol. The molecule has 0 radical (unpaired) electrons. The van der Waals surface area contributed by atoms with Crippen LogP contribution in [0.15, 0.2) is 24.3 Å². The molecule has 0 aromatic heterocycles. The van der Waals surface area contributed by atoms with Crippen LogP contribution in [0.25, 0.3) is 0 Å². The van der Waals surface area contributed by atoms with Crippen molar-refractivity contribution in [1.29, 1.82) is 0 Å². The van der Waals surface area contributed by atoms with Gasteiger partial charge < -0.3 is 4.74 Å². The summed E-state index contributed by atoms with van der Waals surface area (Å²) in [6, 6.07) is 7.80. The first-order valence-electron chi connectivity index (χ1n) is 5.54. The molecule has 3 heteroatoms. The van der Waals surface area contributed by atoms with Gasteiger partial charge in [-0.1, -0.05) is 40.5 Å². The third-order valence-electron chi connectivity index (χ3n) is 3.12.